The molecule has 0 spiro atoms. The van der Waals surface area contributed by atoms with E-state index in [0.717, 1.165) is 19.6 Å². The monoisotopic (exact) mass is 191 g/mol. The first-order valence-corrected chi connectivity index (χ1v) is 5.31. The van der Waals surface area contributed by atoms with Gasteiger partial charge in [0, 0.05) is 12.6 Å². The van der Waals surface area contributed by atoms with Gasteiger partial charge in [-0.25, -0.2) is 0 Å². The van der Waals surface area contributed by atoms with Crippen molar-refractivity contribution >= 4 is 0 Å². The van der Waals surface area contributed by atoms with Gasteiger partial charge in [-0.15, -0.1) is 0 Å². The molecule has 1 saturated heterocycles. The number of hydrogen-bond donors (Lipinski definition) is 1. The number of benzene rings is 1. The van der Waals surface area contributed by atoms with Crippen molar-refractivity contribution in [3.63, 3.8) is 0 Å². The van der Waals surface area contributed by atoms with Crippen LogP contribution in [0.3, 0.4) is 0 Å². The second kappa shape index (κ2) is 4.58. The second-order valence-corrected chi connectivity index (χ2v) is 3.67. The Kier molecular flexibility index (Phi) is 3.17. The summed E-state index contributed by atoms with van der Waals surface area (Å²) in [7, 11) is 0. The summed E-state index contributed by atoms with van der Waals surface area (Å²) in [5.74, 6) is 0. The summed E-state index contributed by atoms with van der Waals surface area (Å²) in [5, 5.41) is 3.49. The molecule has 2 rings (SSSR count). The number of nitrogens with one attached hydrogen (secondary N) is 1. The first-order chi connectivity index (χ1) is 6.92. The van der Waals surface area contributed by atoms with E-state index in [1.807, 2.05) is 6.07 Å². The van der Waals surface area contributed by atoms with E-state index in [1.54, 1.807) is 0 Å². The fourth-order valence-electron chi connectivity index (χ4n) is 1.98. The number of rotatable bonds is 2. The van der Waals surface area contributed by atoms with Gasteiger partial charge >= 0.3 is 0 Å². The van der Waals surface area contributed by atoms with Crippen LogP contribution in [-0.2, 0) is 4.74 Å². The molecule has 1 aliphatic rings. The SMILES string of the molecule is CCC1NCCOC1c1ccccc1. The predicted molar refractivity (Wildman–Crippen MR) is 57.2 cm³/mol. The first-order valence-electron chi connectivity index (χ1n) is 5.31. The fraction of sp³-hybridized carbons (Fsp3) is 0.500. The molecular weight excluding hydrogens is 174 g/mol. The minimum atomic E-state index is 0.231. The molecule has 14 heavy (non-hydrogen) atoms. The van der Waals surface area contributed by atoms with Crippen molar-refractivity contribution in [2.45, 2.75) is 25.5 Å². The van der Waals surface area contributed by atoms with Gasteiger partial charge in [0.15, 0.2) is 0 Å². The average Bonchev–Trinajstić information content (AvgIpc) is 2.30. The van der Waals surface area contributed by atoms with E-state index in [9.17, 15) is 0 Å². The summed E-state index contributed by atoms with van der Waals surface area (Å²) < 4.78 is 5.80. The maximum atomic E-state index is 5.80. The number of morpholine rings is 1. The molecule has 1 heterocycles. The fourth-order valence-corrected chi connectivity index (χ4v) is 1.98. The quantitative estimate of drug-likeness (QED) is 0.773. The van der Waals surface area contributed by atoms with Crippen LogP contribution in [0, 0.1) is 0 Å². The zero-order valence-corrected chi connectivity index (χ0v) is 8.57. The molecule has 1 N–H and O–H groups in total. The molecule has 2 nitrogen and oxygen atoms in total. The zero-order valence-electron chi connectivity index (χ0n) is 8.57. The Hall–Kier alpha value is -0.860. The molecular formula is C12H17NO. The molecule has 2 atom stereocenters. The van der Waals surface area contributed by atoms with Crippen LogP contribution in [0.5, 0.6) is 0 Å². The molecule has 0 aliphatic carbocycles. The smallest absolute Gasteiger partial charge is 0.0978 e. The van der Waals surface area contributed by atoms with Gasteiger partial charge in [-0.3, -0.25) is 0 Å². The minimum Gasteiger partial charge on any atom is -0.371 e. The summed E-state index contributed by atoms with van der Waals surface area (Å²) >= 11 is 0. The van der Waals surface area contributed by atoms with Crippen LogP contribution in [0.25, 0.3) is 0 Å². The van der Waals surface area contributed by atoms with Crippen LogP contribution in [-0.4, -0.2) is 19.2 Å². The minimum absolute atomic E-state index is 0.231. The topological polar surface area (TPSA) is 21.3 Å². The molecule has 0 aromatic heterocycles. The molecule has 1 aliphatic heterocycles. The van der Waals surface area contributed by atoms with Crippen molar-refractivity contribution < 1.29 is 4.74 Å². The van der Waals surface area contributed by atoms with Crippen molar-refractivity contribution in [1.29, 1.82) is 0 Å². The van der Waals surface area contributed by atoms with E-state index < -0.39 is 0 Å². The highest BCUT2D eigenvalue weighted by molar-refractivity contribution is 5.19. The van der Waals surface area contributed by atoms with Gasteiger partial charge in [0.1, 0.15) is 0 Å². The summed E-state index contributed by atoms with van der Waals surface area (Å²) in [6.07, 6.45) is 1.34. The summed E-state index contributed by atoms with van der Waals surface area (Å²) in [4.78, 5) is 0. The highest BCUT2D eigenvalue weighted by Gasteiger charge is 2.24. The second-order valence-electron chi connectivity index (χ2n) is 3.67. The van der Waals surface area contributed by atoms with Crippen LogP contribution < -0.4 is 5.32 Å². The molecule has 0 radical (unpaired) electrons. The summed E-state index contributed by atoms with van der Waals surface area (Å²) in [5.41, 5.74) is 1.28. The van der Waals surface area contributed by atoms with Crippen LogP contribution in [0.2, 0.25) is 0 Å². The molecule has 2 heteroatoms. The first kappa shape index (κ1) is 9.69. The lowest BCUT2D eigenvalue weighted by atomic mass is 9.99. The Morgan fingerprint density at radius 3 is 2.86 bits per heavy atom. The van der Waals surface area contributed by atoms with Gasteiger partial charge in [-0.1, -0.05) is 37.3 Å². The highest BCUT2D eigenvalue weighted by Crippen LogP contribution is 2.24. The van der Waals surface area contributed by atoms with Crippen LogP contribution in [0.4, 0.5) is 0 Å². The van der Waals surface area contributed by atoms with Crippen molar-refractivity contribution in [3.8, 4) is 0 Å². The van der Waals surface area contributed by atoms with Gasteiger partial charge in [0.25, 0.3) is 0 Å². The maximum Gasteiger partial charge on any atom is 0.0978 e. The Balaban J connectivity index is 2.15. The van der Waals surface area contributed by atoms with E-state index in [4.69, 9.17) is 4.74 Å². The molecule has 1 aromatic carbocycles. The molecule has 0 bridgehead atoms. The Morgan fingerprint density at radius 1 is 1.36 bits per heavy atom. The van der Waals surface area contributed by atoms with Gasteiger partial charge in [0.2, 0.25) is 0 Å². The zero-order chi connectivity index (χ0) is 9.80. The van der Waals surface area contributed by atoms with Gasteiger partial charge in [-0.05, 0) is 12.0 Å². The van der Waals surface area contributed by atoms with Gasteiger partial charge in [0.05, 0.1) is 12.7 Å². The lowest BCUT2D eigenvalue weighted by molar-refractivity contribution is -0.00641. The maximum absolute atomic E-state index is 5.80. The van der Waals surface area contributed by atoms with E-state index in [-0.39, 0.29) is 6.10 Å². The van der Waals surface area contributed by atoms with E-state index in [0.29, 0.717) is 6.04 Å². The molecule has 1 fully saturated rings. The third-order valence-electron chi connectivity index (χ3n) is 2.74. The van der Waals surface area contributed by atoms with E-state index in [1.165, 1.54) is 5.56 Å². The van der Waals surface area contributed by atoms with Crippen LogP contribution >= 0.6 is 0 Å². The third-order valence-corrected chi connectivity index (χ3v) is 2.74. The van der Waals surface area contributed by atoms with Crippen LogP contribution in [0.15, 0.2) is 30.3 Å². The highest BCUT2D eigenvalue weighted by atomic mass is 16.5. The molecule has 0 amide bonds. The van der Waals surface area contributed by atoms with Crippen molar-refractivity contribution in [2.75, 3.05) is 13.2 Å². The predicted octanol–water partition coefficient (Wildman–Crippen LogP) is 2.13. The molecule has 0 saturated carbocycles. The summed E-state index contributed by atoms with van der Waals surface area (Å²) in [6.45, 7) is 3.99. The third kappa shape index (κ3) is 1.97. The van der Waals surface area contributed by atoms with E-state index in [2.05, 4.69) is 36.5 Å². The van der Waals surface area contributed by atoms with Crippen LogP contribution in [0.1, 0.15) is 25.0 Å². The molecule has 2 unspecified atom stereocenters. The Bertz CT molecular complexity index is 273. The standard InChI is InChI=1S/C12H17NO/c1-2-11-12(14-9-8-13-11)10-6-4-3-5-7-10/h3-7,11-13H,2,8-9H2,1H3. The van der Waals surface area contributed by atoms with Gasteiger partial charge < -0.3 is 10.1 Å². The molecule has 76 valence electrons. The van der Waals surface area contributed by atoms with Crippen molar-refractivity contribution in [1.82, 2.24) is 5.32 Å². The Morgan fingerprint density at radius 2 is 2.14 bits per heavy atom. The number of hydrogen-bond acceptors (Lipinski definition) is 2. The number of ether oxygens (including phenoxy) is 1. The van der Waals surface area contributed by atoms with Crippen molar-refractivity contribution in [2.24, 2.45) is 0 Å². The largest absolute Gasteiger partial charge is 0.371 e. The van der Waals surface area contributed by atoms with Crippen molar-refractivity contribution in [3.05, 3.63) is 35.9 Å². The summed E-state index contributed by atoms with van der Waals surface area (Å²) in [6, 6.07) is 10.9. The van der Waals surface area contributed by atoms with E-state index >= 15 is 0 Å². The van der Waals surface area contributed by atoms with Gasteiger partial charge in [-0.2, -0.15) is 0 Å². The lowest BCUT2D eigenvalue weighted by Crippen LogP contribution is -2.43. The Labute approximate surface area is 85.3 Å². The lowest BCUT2D eigenvalue weighted by Gasteiger charge is -2.32. The normalized spacial score (nSPS) is 27.5. The molecule has 1 aromatic rings. The average molecular weight is 191 g/mol.